The van der Waals surface area contributed by atoms with Crippen LogP contribution in [-0.4, -0.2) is 15.0 Å². The van der Waals surface area contributed by atoms with Gasteiger partial charge in [-0.1, -0.05) is 218 Å². The topological polar surface area (TPSA) is 38.7 Å². The lowest BCUT2D eigenvalue weighted by Gasteiger charge is -2.30. The van der Waals surface area contributed by atoms with E-state index in [9.17, 15) is 0 Å². The second kappa shape index (κ2) is 14.1. The van der Waals surface area contributed by atoms with E-state index in [1.54, 1.807) is 0 Å². The van der Waals surface area contributed by atoms with Gasteiger partial charge in [-0.25, -0.2) is 15.0 Å². The van der Waals surface area contributed by atoms with Crippen molar-refractivity contribution in [3.8, 4) is 89.8 Å². The lowest BCUT2D eigenvalue weighted by molar-refractivity contribution is 0.794. The molecule has 0 saturated carbocycles. The van der Waals surface area contributed by atoms with Crippen molar-refractivity contribution in [1.29, 1.82) is 0 Å². The molecule has 10 aromatic rings. The molecule has 0 fully saturated rings. The van der Waals surface area contributed by atoms with Crippen LogP contribution in [0.15, 0.2) is 224 Å². The predicted octanol–water partition coefficient (Wildman–Crippen LogP) is 14.2. The van der Waals surface area contributed by atoms with Gasteiger partial charge in [0.05, 0.1) is 5.41 Å². The number of nitrogens with zero attached hydrogens (tertiary/aromatic N) is 3. The van der Waals surface area contributed by atoms with Crippen LogP contribution in [0.1, 0.15) is 22.3 Å². The van der Waals surface area contributed by atoms with Crippen LogP contribution in [0.5, 0.6) is 0 Å². The van der Waals surface area contributed by atoms with Crippen LogP contribution in [0.4, 0.5) is 0 Å². The largest absolute Gasteiger partial charge is 0.208 e. The van der Waals surface area contributed by atoms with Gasteiger partial charge < -0.3 is 0 Å². The van der Waals surface area contributed by atoms with E-state index in [1.807, 2.05) is 12.1 Å². The van der Waals surface area contributed by atoms with E-state index in [0.29, 0.717) is 17.5 Å². The molecule has 9 aromatic carbocycles. The van der Waals surface area contributed by atoms with Crippen molar-refractivity contribution in [3.63, 3.8) is 0 Å². The van der Waals surface area contributed by atoms with Gasteiger partial charge in [-0.15, -0.1) is 0 Å². The number of aromatic nitrogens is 3. The normalized spacial score (nSPS) is 12.7. The Balaban J connectivity index is 0.984. The monoisotopic (exact) mass is 775 g/mol. The van der Waals surface area contributed by atoms with Gasteiger partial charge in [0.15, 0.2) is 17.5 Å². The Hall–Kier alpha value is -8.01. The Morgan fingerprint density at radius 3 is 1.05 bits per heavy atom. The maximum absolute atomic E-state index is 5.22. The fraction of sp³-hybridized carbons (Fsp3) is 0.0172. The summed E-state index contributed by atoms with van der Waals surface area (Å²) in [7, 11) is 0. The van der Waals surface area contributed by atoms with Crippen molar-refractivity contribution in [1.82, 2.24) is 15.0 Å². The molecule has 61 heavy (non-hydrogen) atoms. The zero-order valence-corrected chi connectivity index (χ0v) is 33.2. The highest BCUT2D eigenvalue weighted by atomic mass is 15.0. The molecule has 1 aromatic heterocycles. The molecule has 0 aliphatic heterocycles. The average molecular weight is 776 g/mol. The van der Waals surface area contributed by atoms with Crippen LogP contribution >= 0.6 is 0 Å². The summed E-state index contributed by atoms with van der Waals surface area (Å²) in [6, 6.07) is 80.3. The third-order valence-corrected chi connectivity index (χ3v) is 12.6. The quantitative estimate of drug-likeness (QED) is 0.169. The van der Waals surface area contributed by atoms with Gasteiger partial charge in [-0.3, -0.25) is 0 Å². The zero-order valence-electron chi connectivity index (χ0n) is 33.2. The molecule has 1 heterocycles. The molecule has 3 nitrogen and oxygen atoms in total. The van der Waals surface area contributed by atoms with E-state index < -0.39 is 0 Å². The third kappa shape index (κ3) is 5.48. The van der Waals surface area contributed by atoms with E-state index in [2.05, 4.69) is 212 Å². The van der Waals surface area contributed by atoms with E-state index in [0.717, 1.165) is 44.5 Å². The van der Waals surface area contributed by atoms with Gasteiger partial charge in [0, 0.05) is 16.7 Å². The second-order valence-electron chi connectivity index (χ2n) is 15.9. The first-order valence-corrected chi connectivity index (χ1v) is 20.9. The molecule has 284 valence electrons. The summed E-state index contributed by atoms with van der Waals surface area (Å²) in [5, 5.41) is 0. The minimum absolute atomic E-state index is 0.353. The van der Waals surface area contributed by atoms with Crippen LogP contribution in [0.3, 0.4) is 0 Å². The van der Waals surface area contributed by atoms with E-state index in [1.165, 1.54) is 50.1 Å². The van der Waals surface area contributed by atoms with Crippen molar-refractivity contribution in [2.24, 2.45) is 0 Å². The number of hydrogen-bond acceptors (Lipinski definition) is 3. The molecule has 2 aliphatic carbocycles. The molecular formula is C58H37N3. The Labute approximate surface area is 355 Å². The van der Waals surface area contributed by atoms with Crippen molar-refractivity contribution in [2.45, 2.75) is 5.41 Å². The second-order valence-corrected chi connectivity index (χ2v) is 15.9. The van der Waals surface area contributed by atoms with E-state index in [4.69, 9.17) is 15.0 Å². The van der Waals surface area contributed by atoms with Crippen molar-refractivity contribution < 1.29 is 0 Å². The first kappa shape index (κ1) is 35.0. The van der Waals surface area contributed by atoms with Crippen LogP contribution in [-0.2, 0) is 5.41 Å². The minimum atomic E-state index is -0.353. The van der Waals surface area contributed by atoms with Crippen LogP contribution in [0.25, 0.3) is 89.8 Å². The Morgan fingerprint density at radius 1 is 0.213 bits per heavy atom. The number of hydrogen-bond donors (Lipinski definition) is 0. The Kier molecular flexibility index (Phi) is 8.07. The molecule has 0 N–H and O–H groups in total. The summed E-state index contributed by atoms with van der Waals surface area (Å²) in [6.07, 6.45) is 0. The van der Waals surface area contributed by atoms with E-state index in [-0.39, 0.29) is 5.41 Å². The predicted molar refractivity (Wildman–Crippen MR) is 249 cm³/mol. The van der Waals surface area contributed by atoms with Gasteiger partial charge in [0.25, 0.3) is 0 Å². The molecule has 0 radical (unpaired) electrons. The molecule has 0 amide bonds. The lowest BCUT2D eigenvalue weighted by Crippen LogP contribution is -2.25. The average Bonchev–Trinajstić information content (AvgIpc) is 3.81. The third-order valence-electron chi connectivity index (χ3n) is 12.6. The maximum atomic E-state index is 5.22. The van der Waals surface area contributed by atoms with Crippen LogP contribution in [0.2, 0.25) is 0 Å². The Morgan fingerprint density at radius 2 is 0.557 bits per heavy atom. The SMILES string of the molecule is c1ccc(-c2ccccc2-c2nc(-c3ccc(-c4ccc5c(c4)-c4ccccc4C54c5ccccc5-c5ccccc54)cc3)nc(-c3ccccc3-c3ccccc3)n2)cc1. The summed E-state index contributed by atoms with van der Waals surface area (Å²) in [4.78, 5) is 15.7. The molecule has 0 bridgehead atoms. The molecule has 2 aliphatic rings. The van der Waals surface area contributed by atoms with Gasteiger partial charge in [-0.2, -0.15) is 0 Å². The smallest absolute Gasteiger partial charge is 0.164 e. The van der Waals surface area contributed by atoms with Crippen molar-refractivity contribution in [2.75, 3.05) is 0 Å². The van der Waals surface area contributed by atoms with Gasteiger partial charge in [-0.05, 0) is 84.0 Å². The summed E-state index contributed by atoms with van der Waals surface area (Å²) < 4.78 is 0. The minimum Gasteiger partial charge on any atom is -0.208 e. The van der Waals surface area contributed by atoms with Gasteiger partial charge in [0.2, 0.25) is 0 Å². The standard InChI is InChI=1S/C58H37N3/c1-3-17-39(18-4-1)43-21-7-9-26-48(43)56-59-55(60-57(61-56)49-27-10-8-22-44(49)40-19-5-2-6-20-40)41-33-31-38(32-34-41)42-35-36-54-50(37-42)47-25-13-16-30-53(47)58(54)51-28-14-11-23-45(51)46-24-12-15-29-52(46)58/h1-37H. The molecule has 12 rings (SSSR count). The van der Waals surface area contributed by atoms with Crippen molar-refractivity contribution in [3.05, 3.63) is 247 Å². The highest BCUT2D eigenvalue weighted by molar-refractivity contribution is 5.96. The van der Waals surface area contributed by atoms with Crippen LogP contribution < -0.4 is 0 Å². The molecule has 0 saturated heterocycles. The zero-order chi connectivity index (χ0) is 40.3. The first-order valence-electron chi connectivity index (χ1n) is 20.9. The summed E-state index contributed by atoms with van der Waals surface area (Å²) in [6.45, 7) is 0. The fourth-order valence-electron chi connectivity index (χ4n) is 9.93. The summed E-state index contributed by atoms with van der Waals surface area (Å²) in [5.41, 5.74) is 19.7. The molecule has 0 atom stereocenters. The molecule has 1 spiro atoms. The number of benzene rings is 9. The summed E-state index contributed by atoms with van der Waals surface area (Å²) >= 11 is 0. The number of fused-ring (bicyclic) bond motifs is 10. The van der Waals surface area contributed by atoms with Gasteiger partial charge in [0.1, 0.15) is 0 Å². The lowest BCUT2D eigenvalue weighted by atomic mass is 9.70. The van der Waals surface area contributed by atoms with Crippen molar-refractivity contribution >= 4 is 0 Å². The fourth-order valence-corrected chi connectivity index (χ4v) is 9.93. The maximum Gasteiger partial charge on any atom is 0.164 e. The molecule has 0 unspecified atom stereocenters. The molecule has 3 heteroatoms. The van der Waals surface area contributed by atoms with Gasteiger partial charge >= 0.3 is 0 Å². The highest BCUT2D eigenvalue weighted by Crippen LogP contribution is 2.63. The summed E-state index contributed by atoms with van der Waals surface area (Å²) in [5.74, 6) is 1.89. The Bertz CT molecular complexity index is 3150. The number of rotatable bonds is 6. The molecular weight excluding hydrogens is 739 g/mol. The first-order chi connectivity index (χ1) is 30.3. The van der Waals surface area contributed by atoms with E-state index >= 15 is 0 Å². The highest BCUT2D eigenvalue weighted by Gasteiger charge is 2.51. The van der Waals surface area contributed by atoms with Crippen LogP contribution in [0, 0.1) is 0 Å².